The average Bonchev–Trinajstić information content (AvgIpc) is 2.84. The van der Waals surface area contributed by atoms with Crippen molar-refractivity contribution in [2.24, 2.45) is 17.3 Å². The predicted octanol–water partition coefficient (Wildman–Crippen LogP) is 5.87. The molecule has 1 rings (SSSR count). The first-order chi connectivity index (χ1) is 18.1. The molecule has 0 aliphatic heterocycles. The van der Waals surface area contributed by atoms with Gasteiger partial charge in [0, 0.05) is 44.1 Å². The summed E-state index contributed by atoms with van der Waals surface area (Å²) in [5, 5.41) is 7.29. The molecule has 0 radical (unpaired) electrons. The van der Waals surface area contributed by atoms with Crippen LogP contribution < -0.4 is 32.5 Å². The topological polar surface area (TPSA) is 135 Å². The average molecular weight is 555 g/mol. The van der Waals surface area contributed by atoms with Gasteiger partial charge in [-0.05, 0) is 69.7 Å². The van der Waals surface area contributed by atoms with Crippen LogP contribution in [0.5, 0.6) is 5.75 Å². The van der Waals surface area contributed by atoms with E-state index in [9.17, 15) is 4.89 Å². The normalized spacial score (nSPS) is 12.1. The van der Waals surface area contributed by atoms with E-state index in [1.807, 2.05) is 13.2 Å². The Bertz CT molecular complexity index is 748. The zero-order valence-corrected chi connectivity index (χ0v) is 26.5. The largest absolute Gasteiger partial charge is 0.493 e. The van der Waals surface area contributed by atoms with Gasteiger partial charge < -0.3 is 31.4 Å². The first-order valence-electron chi connectivity index (χ1n) is 14.0. The molecule has 0 bridgehead atoms. The fraction of sp³-hybridized carbons (Fsp3) is 0.655. The van der Waals surface area contributed by atoms with E-state index in [1.54, 1.807) is 20.3 Å². The molecule has 0 saturated carbocycles. The maximum absolute atomic E-state index is 9.63. The van der Waals surface area contributed by atoms with Crippen LogP contribution in [-0.4, -0.2) is 37.7 Å². The number of nitrogens with one attached hydrogen (secondary N) is 2. The molecule has 9 heteroatoms. The Hall–Kier alpha value is -1.99. The molecular weight excluding hydrogens is 495 g/mol. The Morgan fingerprint density at radius 2 is 1.47 bits per heavy atom. The lowest BCUT2D eigenvalue weighted by Gasteiger charge is -2.15. The number of ether oxygens (including phenoxy) is 1. The van der Waals surface area contributed by atoms with E-state index in [4.69, 9.17) is 22.0 Å². The van der Waals surface area contributed by atoms with E-state index in [-0.39, 0.29) is 0 Å². The molecule has 1 atom stereocenters. The number of hydrazine groups is 1. The maximum Gasteiger partial charge on any atom is 0.125 e. The summed E-state index contributed by atoms with van der Waals surface area (Å²) in [5.41, 5.74) is 16.5. The van der Waals surface area contributed by atoms with Crippen LogP contribution in [0.4, 0.5) is 0 Å². The summed E-state index contributed by atoms with van der Waals surface area (Å²) in [6.45, 7) is 11.3. The van der Waals surface area contributed by atoms with Gasteiger partial charge in [-0.2, -0.15) is 0 Å². The lowest BCUT2D eigenvalue weighted by molar-refractivity contribution is 0.313. The summed E-state index contributed by atoms with van der Waals surface area (Å²) in [6, 6.07) is 4.20. The molecule has 9 N–H and O–H groups in total. The summed E-state index contributed by atoms with van der Waals surface area (Å²) in [7, 11) is 4.33. The van der Waals surface area contributed by atoms with Crippen molar-refractivity contribution in [3.8, 4) is 5.75 Å². The third kappa shape index (κ3) is 22.0. The van der Waals surface area contributed by atoms with Crippen LogP contribution in [0.1, 0.15) is 95.2 Å². The van der Waals surface area contributed by atoms with E-state index in [0.717, 1.165) is 66.1 Å². The van der Waals surface area contributed by atoms with E-state index in [0.29, 0.717) is 6.16 Å². The quantitative estimate of drug-likeness (QED) is 0.0646. The first-order valence-corrected chi connectivity index (χ1v) is 15.5. The van der Waals surface area contributed by atoms with E-state index in [1.165, 1.54) is 37.1 Å². The van der Waals surface area contributed by atoms with Crippen molar-refractivity contribution >= 4 is 8.30 Å². The van der Waals surface area contributed by atoms with Crippen LogP contribution in [0.2, 0.25) is 0 Å². The van der Waals surface area contributed by atoms with Gasteiger partial charge in [-0.25, -0.2) is 5.84 Å². The summed E-state index contributed by atoms with van der Waals surface area (Å²) in [6.07, 6.45) is 14.7. The zero-order valence-electron chi connectivity index (χ0n) is 25.6. The van der Waals surface area contributed by atoms with E-state index in [2.05, 4.69) is 57.2 Å². The Kier molecular flexibility index (Phi) is 25.4. The Balaban J connectivity index is 0. The van der Waals surface area contributed by atoms with Gasteiger partial charge >= 0.3 is 0 Å². The summed E-state index contributed by atoms with van der Waals surface area (Å²) < 4.78 is 5.73. The molecule has 1 aromatic rings. The van der Waals surface area contributed by atoms with E-state index >= 15 is 0 Å². The van der Waals surface area contributed by atoms with Gasteiger partial charge in [0.15, 0.2) is 0 Å². The summed E-state index contributed by atoms with van der Waals surface area (Å²) in [5.74, 6) is 6.36. The third-order valence-electron chi connectivity index (χ3n) is 5.40. The highest BCUT2D eigenvalue weighted by Crippen LogP contribution is 2.32. The molecule has 0 spiro atoms. The molecular formula is C29H59N6O2P. The second-order valence-electron chi connectivity index (χ2n) is 9.48. The Labute approximate surface area is 235 Å². The van der Waals surface area contributed by atoms with Gasteiger partial charge in [0.2, 0.25) is 0 Å². The minimum absolute atomic E-state index is 0.682. The minimum Gasteiger partial charge on any atom is -0.493 e. The van der Waals surface area contributed by atoms with E-state index < -0.39 is 8.30 Å². The third-order valence-corrected chi connectivity index (χ3v) is 6.58. The Morgan fingerprint density at radius 3 is 1.89 bits per heavy atom. The number of unbranched alkanes of at least 4 members (excludes halogenated alkanes) is 4. The molecule has 1 unspecified atom stereocenters. The second kappa shape index (κ2) is 25.3. The maximum atomic E-state index is 9.63. The van der Waals surface area contributed by atoms with Crippen LogP contribution in [-0.2, 0) is 6.16 Å². The first kappa shape index (κ1) is 38.2. The molecule has 0 amide bonds. The van der Waals surface area contributed by atoms with Crippen molar-refractivity contribution < 1.29 is 9.63 Å². The fourth-order valence-corrected chi connectivity index (χ4v) is 4.24. The van der Waals surface area contributed by atoms with Gasteiger partial charge in [0.25, 0.3) is 0 Å². The fourth-order valence-electron chi connectivity index (χ4n) is 3.56. The van der Waals surface area contributed by atoms with Gasteiger partial charge in [0.05, 0.1) is 6.61 Å². The number of rotatable bonds is 16. The van der Waals surface area contributed by atoms with Crippen molar-refractivity contribution in [3.63, 3.8) is 0 Å². The van der Waals surface area contributed by atoms with Crippen LogP contribution >= 0.6 is 8.30 Å². The summed E-state index contributed by atoms with van der Waals surface area (Å²) >= 11 is 0. The molecule has 38 heavy (non-hydrogen) atoms. The summed E-state index contributed by atoms with van der Waals surface area (Å²) in [4.78, 5) is 9.63. The van der Waals surface area contributed by atoms with Crippen molar-refractivity contribution in [3.05, 3.63) is 52.6 Å². The van der Waals surface area contributed by atoms with Crippen LogP contribution in [0.3, 0.4) is 0 Å². The van der Waals surface area contributed by atoms with Crippen molar-refractivity contribution in [2.75, 3.05) is 27.7 Å². The lowest BCUT2D eigenvalue weighted by atomic mass is 10.1. The van der Waals surface area contributed by atoms with Crippen LogP contribution in [0, 0.1) is 13.8 Å². The monoisotopic (exact) mass is 554 g/mol. The van der Waals surface area contributed by atoms with Gasteiger partial charge in [-0.3, -0.25) is 5.09 Å². The van der Waals surface area contributed by atoms with Crippen LogP contribution in [0.25, 0.3) is 0 Å². The SMILES string of the molecule is CCCCC/C(N)=C/N(C)N.CCCCC/C(N)=C/NC.CCCOc1c(C)cc(CP(O)NC)cc1C. The second-order valence-corrected chi connectivity index (χ2v) is 11.0. The number of nitrogens with two attached hydrogens (primary N) is 3. The van der Waals surface area contributed by atoms with Crippen molar-refractivity contribution in [2.45, 2.75) is 98.6 Å². The number of hydrogen-bond donors (Lipinski definition) is 6. The van der Waals surface area contributed by atoms with Crippen LogP contribution in [0.15, 0.2) is 35.9 Å². The highest BCUT2D eigenvalue weighted by molar-refractivity contribution is 7.48. The van der Waals surface area contributed by atoms with Gasteiger partial charge in [-0.15, -0.1) is 0 Å². The number of nitrogens with zero attached hydrogens (tertiary/aromatic N) is 1. The lowest BCUT2D eigenvalue weighted by Crippen LogP contribution is -2.20. The highest BCUT2D eigenvalue weighted by Gasteiger charge is 2.09. The highest BCUT2D eigenvalue weighted by atomic mass is 31.2. The number of hydrogen-bond acceptors (Lipinski definition) is 8. The number of benzene rings is 1. The molecule has 222 valence electrons. The number of aryl methyl sites for hydroxylation is 2. The van der Waals surface area contributed by atoms with Gasteiger partial charge in [0.1, 0.15) is 14.0 Å². The zero-order chi connectivity index (χ0) is 29.3. The minimum atomic E-state index is -1.09. The Morgan fingerprint density at radius 1 is 0.947 bits per heavy atom. The molecule has 0 saturated heterocycles. The number of allylic oxidation sites excluding steroid dienone is 2. The molecule has 0 aliphatic carbocycles. The molecule has 0 fully saturated rings. The molecule has 0 aliphatic rings. The van der Waals surface area contributed by atoms with Crippen molar-refractivity contribution in [1.29, 1.82) is 0 Å². The molecule has 8 nitrogen and oxygen atoms in total. The smallest absolute Gasteiger partial charge is 0.125 e. The van der Waals surface area contributed by atoms with Crippen molar-refractivity contribution in [1.82, 2.24) is 15.4 Å². The standard InChI is InChI=1S/C13H22NO2P.C8H19N3.C8H18N2/c1-5-6-16-13-10(2)7-12(8-11(13)3)9-17(15)14-4;1-3-4-5-6-8(9)7-11(2)10;1-3-4-5-6-8(9)7-10-2/h7-8,14-15H,5-6,9H2,1-4H3;7H,3-6,9-10H2,1-2H3;7,10H,3-6,9H2,1-2H3/b;2*8-7-. The predicted molar refractivity (Wildman–Crippen MR) is 167 cm³/mol. The molecule has 1 aromatic carbocycles. The molecule has 0 heterocycles. The molecule has 0 aromatic heterocycles. The van der Waals surface area contributed by atoms with Gasteiger partial charge in [-0.1, -0.05) is 58.6 Å².